The monoisotopic (exact) mass is 288 g/mol. The number of hydrogen-bond donors (Lipinski definition) is 2. The molecule has 4 nitrogen and oxygen atoms in total. The Morgan fingerprint density at radius 3 is 2.60 bits per heavy atom. The second kappa shape index (κ2) is 5.85. The van der Waals surface area contributed by atoms with Gasteiger partial charge >= 0.3 is 6.18 Å². The molecule has 1 aliphatic rings. The van der Waals surface area contributed by atoms with Crippen LogP contribution in [0.25, 0.3) is 0 Å². The third kappa shape index (κ3) is 3.52. The van der Waals surface area contributed by atoms with Gasteiger partial charge in [-0.25, -0.2) is 4.98 Å². The molecule has 2 atom stereocenters. The maximum Gasteiger partial charge on any atom is 0.433 e. The number of nitrogens with one attached hydrogen (secondary N) is 2. The van der Waals surface area contributed by atoms with Crippen LogP contribution in [0.3, 0.4) is 0 Å². The fourth-order valence-electron chi connectivity index (χ4n) is 2.56. The van der Waals surface area contributed by atoms with E-state index in [0.29, 0.717) is 18.4 Å². The van der Waals surface area contributed by atoms with Gasteiger partial charge in [0.05, 0.1) is 0 Å². The lowest BCUT2D eigenvalue weighted by atomic mass is 9.98. The quantitative estimate of drug-likeness (QED) is 0.891. The third-order valence-electron chi connectivity index (χ3n) is 3.82. The van der Waals surface area contributed by atoms with Crippen molar-refractivity contribution in [2.45, 2.75) is 32.4 Å². The SMILES string of the molecule is CNc1nc(NCC2CCCC2C)cc(C(F)(F)F)n1. The Labute approximate surface area is 116 Å². The zero-order valence-electron chi connectivity index (χ0n) is 11.6. The zero-order chi connectivity index (χ0) is 14.8. The second-order valence-electron chi connectivity index (χ2n) is 5.26. The van der Waals surface area contributed by atoms with Crippen molar-refractivity contribution < 1.29 is 13.2 Å². The highest BCUT2D eigenvalue weighted by Gasteiger charge is 2.33. The van der Waals surface area contributed by atoms with Gasteiger partial charge in [-0.2, -0.15) is 18.2 Å². The maximum absolute atomic E-state index is 12.7. The fourth-order valence-corrected chi connectivity index (χ4v) is 2.56. The molecule has 2 unspecified atom stereocenters. The fraction of sp³-hybridized carbons (Fsp3) is 0.692. The highest BCUT2D eigenvalue weighted by Crippen LogP contribution is 2.32. The third-order valence-corrected chi connectivity index (χ3v) is 3.82. The van der Waals surface area contributed by atoms with Crippen LogP contribution in [0.4, 0.5) is 24.9 Å². The summed E-state index contributed by atoms with van der Waals surface area (Å²) in [7, 11) is 1.50. The van der Waals surface area contributed by atoms with Crippen molar-refractivity contribution in [3.63, 3.8) is 0 Å². The highest BCUT2D eigenvalue weighted by atomic mass is 19.4. The van der Waals surface area contributed by atoms with Crippen molar-refractivity contribution in [3.8, 4) is 0 Å². The van der Waals surface area contributed by atoms with Gasteiger partial charge in [-0.05, 0) is 18.3 Å². The average Bonchev–Trinajstić information content (AvgIpc) is 2.80. The van der Waals surface area contributed by atoms with Gasteiger partial charge in [0.25, 0.3) is 0 Å². The zero-order valence-corrected chi connectivity index (χ0v) is 11.6. The molecule has 0 bridgehead atoms. The van der Waals surface area contributed by atoms with Gasteiger partial charge in [0.2, 0.25) is 5.95 Å². The summed E-state index contributed by atoms with van der Waals surface area (Å²) in [6, 6.07) is 0.959. The molecule has 0 amide bonds. The Balaban J connectivity index is 2.10. The molecular formula is C13H19F3N4. The predicted molar refractivity (Wildman–Crippen MR) is 71.6 cm³/mol. The molecular weight excluding hydrogens is 269 g/mol. The van der Waals surface area contributed by atoms with Crippen molar-refractivity contribution in [2.75, 3.05) is 24.2 Å². The van der Waals surface area contributed by atoms with E-state index in [1.165, 1.54) is 19.9 Å². The van der Waals surface area contributed by atoms with E-state index in [9.17, 15) is 13.2 Å². The first-order valence-electron chi connectivity index (χ1n) is 6.78. The first-order valence-corrected chi connectivity index (χ1v) is 6.78. The summed E-state index contributed by atoms with van der Waals surface area (Å²) in [6.45, 7) is 2.83. The van der Waals surface area contributed by atoms with E-state index in [2.05, 4.69) is 27.5 Å². The minimum atomic E-state index is -4.47. The van der Waals surface area contributed by atoms with Crippen LogP contribution in [0.2, 0.25) is 0 Å². The van der Waals surface area contributed by atoms with Crippen LogP contribution in [-0.2, 0) is 6.18 Å². The van der Waals surface area contributed by atoms with Crippen LogP contribution in [0.1, 0.15) is 31.9 Å². The van der Waals surface area contributed by atoms with Gasteiger partial charge in [-0.3, -0.25) is 0 Å². The number of anilines is 2. The minimum Gasteiger partial charge on any atom is -0.370 e. The molecule has 1 saturated carbocycles. The second-order valence-corrected chi connectivity index (χ2v) is 5.26. The number of hydrogen-bond acceptors (Lipinski definition) is 4. The molecule has 112 valence electrons. The van der Waals surface area contributed by atoms with Crippen LogP contribution >= 0.6 is 0 Å². The van der Waals surface area contributed by atoms with E-state index in [1.54, 1.807) is 0 Å². The van der Waals surface area contributed by atoms with Crippen molar-refractivity contribution in [1.82, 2.24) is 9.97 Å². The molecule has 7 heteroatoms. The van der Waals surface area contributed by atoms with E-state index in [1.807, 2.05) is 0 Å². The summed E-state index contributed by atoms with van der Waals surface area (Å²) in [5.74, 6) is 1.30. The number of aromatic nitrogens is 2. The number of rotatable bonds is 4. The molecule has 1 aromatic rings. The molecule has 0 aromatic carbocycles. The molecule has 0 radical (unpaired) electrons. The lowest BCUT2D eigenvalue weighted by molar-refractivity contribution is -0.141. The van der Waals surface area contributed by atoms with Crippen molar-refractivity contribution in [2.24, 2.45) is 11.8 Å². The largest absolute Gasteiger partial charge is 0.433 e. The lowest BCUT2D eigenvalue weighted by Gasteiger charge is -2.17. The van der Waals surface area contributed by atoms with E-state index in [4.69, 9.17) is 0 Å². The number of nitrogens with zero attached hydrogens (tertiary/aromatic N) is 2. The van der Waals surface area contributed by atoms with E-state index >= 15 is 0 Å². The number of alkyl halides is 3. The first kappa shape index (κ1) is 14.9. The van der Waals surface area contributed by atoms with Crippen LogP contribution < -0.4 is 10.6 Å². The Hall–Kier alpha value is -1.53. The van der Waals surface area contributed by atoms with Crippen LogP contribution in [0.5, 0.6) is 0 Å². The molecule has 2 rings (SSSR count). The molecule has 1 fully saturated rings. The summed E-state index contributed by atoms with van der Waals surface area (Å²) in [5.41, 5.74) is -0.932. The average molecular weight is 288 g/mol. The van der Waals surface area contributed by atoms with Crippen molar-refractivity contribution in [1.29, 1.82) is 0 Å². The number of halogens is 3. The Morgan fingerprint density at radius 2 is 2.05 bits per heavy atom. The van der Waals surface area contributed by atoms with Crippen LogP contribution in [-0.4, -0.2) is 23.6 Å². The molecule has 1 heterocycles. The summed E-state index contributed by atoms with van der Waals surface area (Å²) >= 11 is 0. The van der Waals surface area contributed by atoms with Crippen LogP contribution in [0.15, 0.2) is 6.07 Å². The van der Waals surface area contributed by atoms with E-state index < -0.39 is 11.9 Å². The minimum absolute atomic E-state index is 0.0261. The normalized spacial score (nSPS) is 22.9. The topological polar surface area (TPSA) is 49.8 Å². The standard InChI is InChI=1S/C13H19F3N4/c1-8-4-3-5-9(8)7-18-11-6-10(13(14,15)16)19-12(17-2)20-11/h6,8-9H,3-5,7H2,1-2H3,(H2,17,18,19,20). The molecule has 1 aliphatic carbocycles. The highest BCUT2D eigenvalue weighted by molar-refractivity contribution is 5.42. The molecule has 2 N–H and O–H groups in total. The summed E-state index contributed by atoms with van der Waals surface area (Å²) in [6.07, 6.45) is -0.978. The van der Waals surface area contributed by atoms with Gasteiger partial charge < -0.3 is 10.6 Å². The smallest absolute Gasteiger partial charge is 0.370 e. The van der Waals surface area contributed by atoms with E-state index in [-0.39, 0.29) is 11.8 Å². The van der Waals surface area contributed by atoms with Gasteiger partial charge in [0.15, 0.2) is 5.69 Å². The van der Waals surface area contributed by atoms with Gasteiger partial charge in [-0.15, -0.1) is 0 Å². The first-order chi connectivity index (χ1) is 9.40. The lowest BCUT2D eigenvalue weighted by Crippen LogP contribution is -2.18. The molecule has 0 aliphatic heterocycles. The van der Waals surface area contributed by atoms with Gasteiger partial charge in [0, 0.05) is 19.7 Å². The Morgan fingerprint density at radius 1 is 1.30 bits per heavy atom. The summed E-state index contributed by atoms with van der Waals surface area (Å²) in [5, 5.41) is 5.57. The van der Waals surface area contributed by atoms with Crippen molar-refractivity contribution in [3.05, 3.63) is 11.8 Å². The van der Waals surface area contributed by atoms with Gasteiger partial charge in [-0.1, -0.05) is 19.8 Å². The summed E-state index contributed by atoms with van der Waals surface area (Å²) < 4.78 is 38.2. The maximum atomic E-state index is 12.7. The molecule has 0 saturated heterocycles. The Bertz CT molecular complexity index is 461. The van der Waals surface area contributed by atoms with Crippen molar-refractivity contribution >= 4 is 11.8 Å². The molecule has 1 aromatic heterocycles. The summed E-state index contributed by atoms with van der Waals surface area (Å²) in [4.78, 5) is 7.45. The Kier molecular flexibility index (Phi) is 4.35. The molecule has 0 spiro atoms. The van der Waals surface area contributed by atoms with Crippen LogP contribution in [0, 0.1) is 11.8 Å². The predicted octanol–water partition coefficient (Wildman–Crippen LogP) is 3.39. The van der Waals surface area contributed by atoms with E-state index in [0.717, 1.165) is 12.5 Å². The van der Waals surface area contributed by atoms with Gasteiger partial charge in [0.1, 0.15) is 5.82 Å². The molecule has 20 heavy (non-hydrogen) atoms.